The number of aliphatic carboxylic acids is 1. The summed E-state index contributed by atoms with van der Waals surface area (Å²) in [5.41, 5.74) is 0.994. The Morgan fingerprint density at radius 3 is 2.60 bits per heavy atom. The van der Waals surface area contributed by atoms with E-state index in [0.29, 0.717) is 11.3 Å². The van der Waals surface area contributed by atoms with Crippen molar-refractivity contribution < 1.29 is 14.7 Å². The van der Waals surface area contributed by atoms with Crippen LogP contribution in [0.2, 0.25) is 0 Å². The summed E-state index contributed by atoms with van der Waals surface area (Å²) < 4.78 is 0. The second-order valence-corrected chi connectivity index (χ2v) is 2.78. The van der Waals surface area contributed by atoms with Crippen LogP contribution in [0.25, 0.3) is 0 Å². The highest BCUT2D eigenvalue weighted by molar-refractivity contribution is 5.91. The van der Waals surface area contributed by atoms with E-state index in [1.165, 1.54) is 6.92 Å². The van der Waals surface area contributed by atoms with Crippen LogP contribution in [0.3, 0.4) is 0 Å². The van der Waals surface area contributed by atoms with E-state index in [2.05, 4.69) is 11.2 Å². The van der Waals surface area contributed by atoms with Crippen LogP contribution in [0.15, 0.2) is 24.3 Å². The first-order valence-electron chi connectivity index (χ1n) is 4.21. The molecule has 2 N–H and O–H groups in total. The summed E-state index contributed by atoms with van der Waals surface area (Å²) in [4.78, 5) is 21.1. The van der Waals surface area contributed by atoms with Crippen LogP contribution in [0, 0.1) is 11.8 Å². The normalized spacial score (nSPS) is 8.60. The van der Waals surface area contributed by atoms with Gasteiger partial charge in [-0.25, -0.2) is 4.79 Å². The molecule has 0 aliphatic carbocycles. The number of anilines is 1. The number of carbonyl (C=O) groups is 2. The number of carboxylic acids is 1. The van der Waals surface area contributed by atoms with E-state index in [4.69, 9.17) is 5.11 Å². The van der Waals surface area contributed by atoms with E-state index in [0.717, 1.165) is 0 Å². The summed E-state index contributed by atoms with van der Waals surface area (Å²) in [6.45, 7) is 1.38. The van der Waals surface area contributed by atoms with Gasteiger partial charge < -0.3 is 10.4 Å². The molecule has 0 bridgehead atoms. The zero-order chi connectivity index (χ0) is 11.3. The molecule has 76 valence electrons. The number of amides is 1. The lowest BCUT2D eigenvalue weighted by Gasteiger charge is -2.03. The number of carbonyl (C=O) groups excluding carboxylic acids is 1. The van der Waals surface area contributed by atoms with Crippen LogP contribution in [0.4, 0.5) is 5.69 Å². The topological polar surface area (TPSA) is 66.4 Å². The van der Waals surface area contributed by atoms with Gasteiger partial charge >= 0.3 is 5.97 Å². The van der Waals surface area contributed by atoms with Gasteiger partial charge in [0.2, 0.25) is 5.91 Å². The summed E-state index contributed by atoms with van der Waals surface area (Å²) in [6.07, 6.45) is 0. The van der Waals surface area contributed by atoms with Crippen molar-refractivity contribution in [2.45, 2.75) is 6.92 Å². The van der Waals surface area contributed by atoms with E-state index in [1.54, 1.807) is 24.3 Å². The Balaban J connectivity index is 3.02. The van der Waals surface area contributed by atoms with Gasteiger partial charge in [0.1, 0.15) is 0 Å². The van der Waals surface area contributed by atoms with Crippen molar-refractivity contribution in [3.63, 3.8) is 0 Å². The first-order chi connectivity index (χ1) is 7.09. The van der Waals surface area contributed by atoms with Crippen LogP contribution >= 0.6 is 0 Å². The van der Waals surface area contributed by atoms with Crippen LogP contribution in [-0.2, 0) is 9.59 Å². The monoisotopic (exact) mass is 203 g/mol. The first-order valence-corrected chi connectivity index (χ1v) is 4.21. The standard InChI is InChI=1S/C11H9NO3/c1-8(13)12-10-5-3-2-4-9(10)6-7-11(14)15/h2-5H,1H3,(H,12,13)(H,14,15). The van der Waals surface area contributed by atoms with Crippen LogP contribution in [0.5, 0.6) is 0 Å². The summed E-state index contributed by atoms with van der Waals surface area (Å²) >= 11 is 0. The molecule has 4 nitrogen and oxygen atoms in total. The van der Waals surface area contributed by atoms with Gasteiger partial charge in [-0.2, -0.15) is 0 Å². The molecule has 0 aliphatic heterocycles. The van der Waals surface area contributed by atoms with Crippen LogP contribution < -0.4 is 5.32 Å². The molecule has 1 aromatic carbocycles. The van der Waals surface area contributed by atoms with Crippen molar-refractivity contribution in [1.29, 1.82) is 0 Å². The zero-order valence-electron chi connectivity index (χ0n) is 8.07. The van der Waals surface area contributed by atoms with E-state index < -0.39 is 5.97 Å². The number of carboxylic acid groups (broad SMARTS) is 1. The van der Waals surface area contributed by atoms with Crippen molar-refractivity contribution in [1.82, 2.24) is 0 Å². The summed E-state index contributed by atoms with van der Waals surface area (Å²) in [5.74, 6) is 3.02. The van der Waals surface area contributed by atoms with E-state index in [9.17, 15) is 9.59 Å². The number of rotatable bonds is 1. The van der Waals surface area contributed by atoms with Crippen molar-refractivity contribution in [3.05, 3.63) is 29.8 Å². The lowest BCUT2D eigenvalue weighted by Crippen LogP contribution is -2.07. The van der Waals surface area contributed by atoms with Gasteiger partial charge in [-0.1, -0.05) is 18.1 Å². The fourth-order valence-electron chi connectivity index (χ4n) is 1.01. The van der Waals surface area contributed by atoms with Gasteiger partial charge in [-0.3, -0.25) is 4.79 Å². The molecule has 1 amide bonds. The predicted octanol–water partition coefficient (Wildman–Crippen LogP) is 1.08. The molecule has 0 aromatic heterocycles. The van der Waals surface area contributed by atoms with E-state index in [1.807, 2.05) is 5.92 Å². The first kappa shape index (κ1) is 10.8. The van der Waals surface area contributed by atoms with Gasteiger partial charge in [0, 0.05) is 18.4 Å². The van der Waals surface area contributed by atoms with Crippen molar-refractivity contribution >= 4 is 17.6 Å². The van der Waals surface area contributed by atoms with Gasteiger partial charge in [-0.15, -0.1) is 0 Å². The van der Waals surface area contributed by atoms with E-state index in [-0.39, 0.29) is 5.91 Å². The van der Waals surface area contributed by atoms with E-state index >= 15 is 0 Å². The molecular formula is C11H9NO3. The third kappa shape index (κ3) is 3.53. The quantitative estimate of drug-likeness (QED) is 0.671. The molecule has 0 fully saturated rings. The van der Waals surface area contributed by atoms with Crippen molar-refractivity contribution in [2.75, 3.05) is 5.32 Å². The summed E-state index contributed by atoms with van der Waals surface area (Å²) in [5, 5.41) is 10.9. The fraction of sp³-hybridized carbons (Fsp3) is 0.0909. The third-order valence-corrected chi connectivity index (χ3v) is 1.54. The Kier molecular flexibility index (Phi) is 3.47. The van der Waals surface area contributed by atoms with Crippen molar-refractivity contribution in [2.24, 2.45) is 0 Å². The minimum atomic E-state index is -1.20. The second-order valence-electron chi connectivity index (χ2n) is 2.78. The lowest BCUT2D eigenvalue weighted by atomic mass is 10.2. The molecule has 0 saturated carbocycles. The molecule has 15 heavy (non-hydrogen) atoms. The van der Waals surface area contributed by atoms with Crippen LogP contribution in [0.1, 0.15) is 12.5 Å². The smallest absolute Gasteiger partial charge is 0.382 e. The average Bonchev–Trinajstić information content (AvgIpc) is 2.15. The SMILES string of the molecule is CC(=O)Nc1ccccc1C#CC(=O)O. The molecule has 0 saturated heterocycles. The third-order valence-electron chi connectivity index (χ3n) is 1.54. The zero-order valence-corrected chi connectivity index (χ0v) is 8.07. The molecular weight excluding hydrogens is 194 g/mol. The molecule has 0 heterocycles. The Morgan fingerprint density at radius 1 is 1.33 bits per heavy atom. The summed E-state index contributed by atoms with van der Waals surface area (Å²) in [7, 11) is 0. The van der Waals surface area contributed by atoms with Crippen molar-refractivity contribution in [3.8, 4) is 11.8 Å². The molecule has 4 heteroatoms. The number of nitrogens with one attached hydrogen (secondary N) is 1. The highest BCUT2D eigenvalue weighted by Gasteiger charge is 2.00. The van der Waals surface area contributed by atoms with Gasteiger partial charge in [0.25, 0.3) is 0 Å². The molecule has 0 unspecified atom stereocenters. The minimum Gasteiger partial charge on any atom is -0.472 e. The van der Waals surface area contributed by atoms with Crippen LogP contribution in [-0.4, -0.2) is 17.0 Å². The number of hydrogen-bond donors (Lipinski definition) is 2. The maximum absolute atomic E-state index is 10.8. The molecule has 0 radical (unpaired) electrons. The summed E-state index contributed by atoms with van der Waals surface area (Å²) in [6, 6.07) is 6.75. The maximum atomic E-state index is 10.8. The molecule has 1 aromatic rings. The Labute approximate surface area is 86.9 Å². The molecule has 0 atom stereocenters. The fourth-order valence-corrected chi connectivity index (χ4v) is 1.01. The average molecular weight is 203 g/mol. The Morgan fingerprint density at radius 2 is 2.00 bits per heavy atom. The maximum Gasteiger partial charge on any atom is 0.382 e. The predicted molar refractivity (Wildman–Crippen MR) is 55.3 cm³/mol. The highest BCUT2D eigenvalue weighted by atomic mass is 16.4. The molecule has 0 aliphatic rings. The van der Waals surface area contributed by atoms with Gasteiger partial charge in [0.05, 0.1) is 5.69 Å². The molecule has 0 spiro atoms. The highest BCUT2D eigenvalue weighted by Crippen LogP contribution is 2.13. The Bertz CT molecular complexity index is 454. The minimum absolute atomic E-state index is 0.223. The molecule has 1 rings (SSSR count). The van der Waals surface area contributed by atoms with Gasteiger partial charge in [0.15, 0.2) is 0 Å². The largest absolute Gasteiger partial charge is 0.472 e. The van der Waals surface area contributed by atoms with Gasteiger partial charge in [-0.05, 0) is 12.1 Å². The number of benzene rings is 1. The number of para-hydroxylation sites is 1. The number of hydrogen-bond acceptors (Lipinski definition) is 2. The Hall–Kier alpha value is -2.28. The lowest BCUT2D eigenvalue weighted by molar-refractivity contribution is -0.130. The second kappa shape index (κ2) is 4.82.